The molecule has 0 saturated carbocycles. The molecule has 0 spiro atoms. The van der Waals surface area contributed by atoms with E-state index in [-0.39, 0.29) is 0 Å². The monoisotopic (exact) mass is 345 g/mol. The standard InChI is InChI=1S/C17H19N3O3S/c1-3-21-14-8-6-13(7-9-14)11-19(2)12-20-17(24)23-16(18-20)15-5-4-10-22-15/h4-10H,3,11-12H2,1-2H3. The number of nitrogens with zero attached hydrogens (tertiary/aromatic N) is 3. The summed E-state index contributed by atoms with van der Waals surface area (Å²) in [6, 6.07) is 11.6. The van der Waals surface area contributed by atoms with Crippen LogP contribution in [0, 0.1) is 4.84 Å². The van der Waals surface area contributed by atoms with E-state index in [1.54, 1.807) is 23.1 Å². The molecule has 7 heteroatoms. The van der Waals surface area contributed by atoms with E-state index in [1.807, 2.05) is 26.1 Å². The molecule has 0 N–H and O–H groups in total. The van der Waals surface area contributed by atoms with Crippen LogP contribution in [0.25, 0.3) is 11.7 Å². The van der Waals surface area contributed by atoms with Crippen LogP contribution in [0.15, 0.2) is 51.5 Å². The van der Waals surface area contributed by atoms with Crippen LogP contribution in [-0.2, 0) is 13.2 Å². The lowest BCUT2D eigenvalue weighted by Crippen LogP contribution is -2.22. The van der Waals surface area contributed by atoms with E-state index >= 15 is 0 Å². The van der Waals surface area contributed by atoms with E-state index in [4.69, 9.17) is 25.8 Å². The Morgan fingerprint density at radius 3 is 2.71 bits per heavy atom. The Bertz CT molecular complexity index is 822. The van der Waals surface area contributed by atoms with Gasteiger partial charge in [-0.05, 0) is 56.0 Å². The minimum absolute atomic E-state index is 0.319. The van der Waals surface area contributed by atoms with E-state index in [9.17, 15) is 0 Å². The molecule has 0 saturated heterocycles. The highest BCUT2D eigenvalue weighted by Crippen LogP contribution is 2.18. The molecule has 2 aromatic heterocycles. The summed E-state index contributed by atoms with van der Waals surface area (Å²) < 4.78 is 17.9. The minimum Gasteiger partial charge on any atom is -0.494 e. The van der Waals surface area contributed by atoms with Crippen molar-refractivity contribution in [3.05, 3.63) is 53.1 Å². The van der Waals surface area contributed by atoms with Crippen molar-refractivity contribution >= 4 is 12.2 Å². The lowest BCUT2D eigenvalue weighted by Gasteiger charge is -2.16. The lowest BCUT2D eigenvalue weighted by atomic mass is 10.2. The van der Waals surface area contributed by atoms with Crippen LogP contribution in [-0.4, -0.2) is 28.3 Å². The molecule has 24 heavy (non-hydrogen) atoms. The van der Waals surface area contributed by atoms with Gasteiger partial charge in [0.2, 0.25) is 0 Å². The second kappa shape index (κ2) is 7.46. The Kier molecular flexibility index (Phi) is 5.12. The maximum absolute atomic E-state index is 5.48. The average Bonchev–Trinajstić information content (AvgIpc) is 3.20. The van der Waals surface area contributed by atoms with Gasteiger partial charge in [-0.15, -0.1) is 5.10 Å². The molecule has 0 atom stereocenters. The van der Waals surface area contributed by atoms with Crippen LogP contribution >= 0.6 is 12.2 Å². The highest BCUT2D eigenvalue weighted by molar-refractivity contribution is 7.71. The van der Waals surface area contributed by atoms with Gasteiger partial charge >= 0.3 is 0 Å². The number of rotatable bonds is 7. The maximum atomic E-state index is 5.48. The summed E-state index contributed by atoms with van der Waals surface area (Å²) in [5.74, 6) is 1.83. The van der Waals surface area contributed by atoms with Crippen molar-refractivity contribution in [1.82, 2.24) is 14.7 Å². The first kappa shape index (κ1) is 16.5. The van der Waals surface area contributed by atoms with Crippen molar-refractivity contribution in [1.29, 1.82) is 0 Å². The van der Waals surface area contributed by atoms with Gasteiger partial charge in [-0.25, -0.2) is 4.68 Å². The SMILES string of the molecule is CCOc1ccc(CN(C)Cn2nc(-c3ccco3)oc2=S)cc1. The first-order valence-electron chi connectivity index (χ1n) is 7.68. The molecular weight excluding hydrogens is 326 g/mol. The van der Waals surface area contributed by atoms with Crippen molar-refractivity contribution < 1.29 is 13.6 Å². The zero-order valence-corrected chi connectivity index (χ0v) is 14.5. The summed E-state index contributed by atoms with van der Waals surface area (Å²) in [5.41, 5.74) is 1.18. The molecule has 1 aromatic carbocycles. The molecule has 0 aliphatic rings. The topological polar surface area (TPSA) is 56.6 Å². The fourth-order valence-electron chi connectivity index (χ4n) is 2.34. The Morgan fingerprint density at radius 1 is 1.25 bits per heavy atom. The Balaban J connectivity index is 1.64. The normalized spacial score (nSPS) is 11.1. The summed E-state index contributed by atoms with van der Waals surface area (Å²) in [6.07, 6.45) is 1.57. The minimum atomic E-state index is 0.319. The first-order chi connectivity index (χ1) is 11.7. The van der Waals surface area contributed by atoms with Crippen molar-refractivity contribution in [2.75, 3.05) is 13.7 Å². The number of hydrogen-bond donors (Lipinski definition) is 0. The molecule has 0 radical (unpaired) electrons. The fourth-order valence-corrected chi connectivity index (χ4v) is 2.52. The van der Waals surface area contributed by atoms with Crippen LogP contribution < -0.4 is 4.74 Å². The molecule has 126 valence electrons. The molecule has 0 aliphatic carbocycles. The summed E-state index contributed by atoms with van der Waals surface area (Å²) in [7, 11) is 2.00. The van der Waals surface area contributed by atoms with E-state index in [0.717, 1.165) is 12.3 Å². The number of furan rings is 1. The van der Waals surface area contributed by atoms with E-state index < -0.39 is 0 Å². The zero-order chi connectivity index (χ0) is 16.9. The predicted molar refractivity (Wildman–Crippen MR) is 92.1 cm³/mol. The molecule has 0 bridgehead atoms. The third-order valence-electron chi connectivity index (χ3n) is 3.40. The Hall–Kier alpha value is -2.38. The maximum Gasteiger partial charge on any atom is 0.288 e. The van der Waals surface area contributed by atoms with Crippen LogP contribution in [0.2, 0.25) is 0 Å². The van der Waals surface area contributed by atoms with Crippen LogP contribution in [0.5, 0.6) is 5.75 Å². The van der Waals surface area contributed by atoms with Crippen molar-refractivity contribution in [2.24, 2.45) is 0 Å². The van der Waals surface area contributed by atoms with Gasteiger partial charge < -0.3 is 13.6 Å². The lowest BCUT2D eigenvalue weighted by molar-refractivity contribution is 0.240. The van der Waals surface area contributed by atoms with Gasteiger partial charge in [0.25, 0.3) is 10.7 Å². The quantitative estimate of drug-likeness (QED) is 0.604. The largest absolute Gasteiger partial charge is 0.494 e. The number of benzene rings is 1. The van der Waals surface area contributed by atoms with Crippen LogP contribution in [0.4, 0.5) is 0 Å². The van der Waals surface area contributed by atoms with Crippen molar-refractivity contribution in [2.45, 2.75) is 20.1 Å². The van der Waals surface area contributed by atoms with Gasteiger partial charge in [0.15, 0.2) is 5.76 Å². The van der Waals surface area contributed by atoms with E-state index in [2.05, 4.69) is 22.1 Å². The van der Waals surface area contributed by atoms with Crippen LogP contribution in [0.1, 0.15) is 12.5 Å². The molecular formula is C17H19N3O3S. The highest BCUT2D eigenvalue weighted by atomic mass is 32.1. The third-order valence-corrected chi connectivity index (χ3v) is 3.69. The van der Waals surface area contributed by atoms with Gasteiger partial charge in [0.05, 0.1) is 19.5 Å². The summed E-state index contributed by atoms with van der Waals surface area (Å²) in [4.78, 5) is 2.42. The second-order valence-electron chi connectivity index (χ2n) is 5.38. The number of ether oxygens (including phenoxy) is 1. The fraction of sp³-hybridized carbons (Fsp3) is 0.294. The molecule has 0 fully saturated rings. The number of hydrogen-bond acceptors (Lipinski definition) is 6. The van der Waals surface area contributed by atoms with Gasteiger partial charge in [-0.2, -0.15) is 0 Å². The molecule has 2 heterocycles. The predicted octanol–water partition coefficient (Wildman–Crippen LogP) is 3.95. The Morgan fingerprint density at radius 2 is 2.04 bits per heavy atom. The summed E-state index contributed by atoms with van der Waals surface area (Å²) in [6.45, 7) is 3.93. The molecule has 0 amide bonds. The molecule has 3 aromatic rings. The van der Waals surface area contributed by atoms with Crippen molar-refractivity contribution in [3.8, 4) is 17.4 Å². The van der Waals surface area contributed by atoms with E-state index in [0.29, 0.717) is 29.8 Å². The second-order valence-corrected chi connectivity index (χ2v) is 5.73. The highest BCUT2D eigenvalue weighted by Gasteiger charge is 2.12. The van der Waals surface area contributed by atoms with Gasteiger partial charge in [-0.3, -0.25) is 4.90 Å². The van der Waals surface area contributed by atoms with Crippen molar-refractivity contribution in [3.63, 3.8) is 0 Å². The molecule has 6 nitrogen and oxygen atoms in total. The zero-order valence-electron chi connectivity index (χ0n) is 13.6. The molecule has 0 aliphatic heterocycles. The summed E-state index contributed by atoms with van der Waals surface area (Å²) >= 11 is 5.22. The average molecular weight is 345 g/mol. The number of aromatic nitrogens is 2. The molecule has 3 rings (SSSR count). The third kappa shape index (κ3) is 3.93. The Labute approximate surface area is 145 Å². The first-order valence-corrected chi connectivity index (χ1v) is 8.08. The van der Waals surface area contributed by atoms with Gasteiger partial charge in [-0.1, -0.05) is 12.1 Å². The van der Waals surface area contributed by atoms with Gasteiger partial charge in [0, 0.05) is 6.54 Å². The molecule has 0 unspecified atom stereocenters. The summed E-state index contributed by atoms with van der Waals surface area (Å²) in [5, 5.41) is 4.36. The van der Waals surface area contributed by atoms with E-state index in [1.165, 1.54) is 5.56 Å². The van der Waals surface area contributed by atoms with Crippen LogP contribution in [0.3, 0.4) is 0 Å². The smallest absolute Gasteiger partial charge is 0.288 e. The van der Waals surface area contributed by atoms with Gasteiger partial charge in [0.1, 0.15) is 5.75 Å².